The molecule has 0 aromatic heterocycles. The molecule has 5 nitrogen and oxygen atoms in total. The van der Waals surface area contributed by atoms with E-state index in [9.17, 15) is 8.42 Å². The first-order valence-corrected chi connectivity index (χ1v) is 7.67. The molecule has 0 saturated heterocycles. The number of sulfonamides is 1. The van der Waals surface area contributed by atoms with Gasteiger partial charge in [0.05, 0.1) is 19.1 Å². The van der Waals surface area contributed by atoms with E-state index in [1.165, 1.54) is 26.4 Å². The zero-order valence-corrected chi connectivity index (χ0v) is 12.6. The third-order valence-electron chi connectivity index (χ3n) is 2.74. The summed E-state index contributed by atoms with van der Waals surface area (Å²) in [6.45, 7) is 3.86. The molecular formula is C13H21NO4S. The van der Waals surface area contributed by atoms with Crippen LogP contribution in [0.1, 0.15) is 26.7 Å². The molecule has 0 amide bonds. The normalized spacial score (nSPS) is 13.1. The maximum atomic E-state index is 12.2. The van der Waals surface area contributed by atoms with Crippen molar-refractivity contribution in [2.45, 2.75) is 37.6 Å². The summed E-state index contributed by atoms with van der Waals surface area (Å²) in [6, 6.07) is 4.45. The fourth-order valence-corrected chi connectivity index (χ4v) is 3.10. The molecule has 1 aromatic rings. The third kappa shape index (κ3) is 4.11. The van der Waals surface area contributed by atoms with Crippen LogP contribution in [-0.2, 0) is 10.0 Å². The van der Waals surface area contributed by atoms with Crippen molar-refractivity contribution in [3.05, 3.63) is 18.2 Å². The van der Waals surface area contributed by atoms with Crippen molar-refractivity contribution in [1.29, 1.82) is 0 Å². The van der Waals surface area contributed by atoms with Gasteiger partial charge < -0.3 is 9.47 Å². The molecule has 0 aliphatic heterocycles. The highest BCUT2D eigenvalue weighted by atomic mass is 32.2. The van der Waals surface area contributed by atoms with Crippen molar-refractivity contribution in [1.82, 2.24) is 4.72 Å². The zero-order chi connectivity index (χ0) is 14.5. The molecule has 0 radical (unpaired) electrons. The number of ether oxygens (including phenoxy) is 2. The van der Waals surface area contributed by atoms with E-state index < -0.39 is 10.0 Å². The molecule has 108 valence electrons. The molecule has 1 unspecified atom stereocenters. The lowest BCUT2D eigenvalue weighted by Gasteiger charge is -2.14. The fraction of sp³-hybridized carbons (Fsp3) is 0.538. The monoisotopic (exact) mass is 287 g/mol. The second-order valence-electron chi connectivity index (χ2n) is 4.33. The van der Waals surface area contributed by atoms with Gasteiger partial charge in [0.15, 0.2) is 11.5 Å². The van der Waals surface area contributed by atoms with Crippen molar-refractivity contribution in [3.8, 4) is 11.5 Å². The molecule has 1 N–H and O–H groups in total. The van der Waals surface area contributed by atoms with E-state index in [0.717, 1.165) is 12.8 Å². The van der Waals surface area contributed by atoms with Crippen LogP contribution < -0.4 is 14.2 Å². The molecule has 0 heterocycles. The summed E-state index contributed by atoms with van der Waals surface area (Å²) in [7, 11) is -0.544. The highest BCUT2D eigenvalue weighted by molar-refractivity contribution is 7.89. The Labute approximate surface area is 115 Å². The van der Waals surface area contributed by atoms with E-state index in [2.05, 4.69) is 4.72 Å². The minimum Gasteiger partial charge on any atom is -0.493 e. The van der Waals surface area contributed by atoms with E-state index in [4.69, 9.17) is 9.47 Å². The Bertz CT molecular complexity index is 513. The molecule has 0 spiro atoms. The van der Waals surface area contributed by atoms with Gasteiger partial charge in [0.2, 0.25) is 10.0 Å². The number of methoxy groups -OCH3 is 2. The van der Waals surface area contributed by atoms with E-state index >= 15 is 0 Å². The second-order valence-corrected chi connectivity index (χ2v) is 6.04. The summed E-state index contributed by atoms with van der Waals surface area (Å²) in [5, 5.41) is 0. The van der Waals surface area contributed by atoms with Crippen LogP contribution in [0.3, 0.4) is 0 Å². The Morgan fingerprint density at radius 1 is 1.21 bits per heavy atom. The maximum absolute atomic E-state index is 12.2. The van der Waals surface area contributed by atoms with Crippen molar-refractivity contribution >= 4 is 10.0 Å². The summed E-state index contributed by atoms with van der Waals surface area (Å²) in [4.78, 5) is 0.174. The largest absolute Gasteiger partial charge is 0.493 e. The Hall–Kier alpha value is -1.27. The van der Waals surface area contributed by atoms with E-state index in [0.29, 0.717) is 11.5 Å². The number of rotatable bonds is 7. The minimum atomic E-state index is -3.52. The number of nitrogens with one attached hydrogen (secondary N) is 1. The quantitative estimate of drug-likeness (QED) is 0.834. The minimum absolute atomic E-state index is 0.0944. The van der Waals surface area contributed by atoms with Gasteiger partial charge in [0.1, 0.15) is 0 Å². The molecule has 6 heteroatoms. The van der Waals surface area contributed by atoms with Gasteiger partial charge in [-0.3, -0.25) is 0 Å². The van der Waals surface area contributed by atoms with Crippen molar-refractivity contribution in [2.75, 3.05) is 14.2 Å². The maximum Gasteiger partial charge on any atom is 0.240 e. The van der Waals surface area contributed by atoms with Crippen molar-refractivity contribution in [3.63, 3.8) is 0 Å². The Balaban J connectivity index is 3.01. The molecule has 19 heavy (non-hydrogen) atoms. The summed E-state index contributed by atoms with van der Waals surface area (Å²) in [5.74, 6) is 0.900. The summed E-state index contributed by atoms with van der Waals surface area (Å²) in [6.07, 6.45) is 1.72. The van der Waals surface area contributed by atoms with Crippen LogP contribution in [0, 0.1) is 0 Å². The molecule has 0 aliphatic carbocycles. The van der Waals surface area contributed by atoms with E-state index in [-0.39, 0.29) is 10.9 Å². The molecule has 1 atom stereocenters. The summed E-state index contributed by atoms with van der Waals surface area (Å²) >= 11 is 0. The lowest BCUT2D eigenvalue weighted by Crippen LogP contribution is -2.32. The number of benzene rings is 1. The first-order valence-electron chi connectivity index (χ1n) is 6.19. The van der Waals surface area contributed by atoms with Crippen LogP contribution in [0.15, 0.2) is 23.1 Å². The van der Waals surface area contributed by atoms with Gasteiger partial charge >= 0.3 is 0 Å². The van der Waals surface area contributed by atoms with Crippen LogP contribution in [0.25, 0.3) is 0 Å². The topological polar surface area (TPSA) is 64.6 Å². The van der Waals surface area contributed by atoms with Gasteiger partial charge in [-0.15, -0.1) is 0 Å². The second kappa shape index (κ2) is 6.77. The van der Waals surface area contributed by atoms with Gasteiger partial charge in [-0.05, 0) is 25.5 Å². The Morgan fingerprint density at radius 3 is 2.37 bits per heavy atom. The SMILES string of the molecule is CCCC(C)NS(=O)(=O)c1ccc(OC)c(OC)c1. The number of hydrogen-bond donors (Lipinski definition) is 1. The van der Waals surface area contributed by atoms with E-state index in [1.807, 2.05) is 13.8 Å². The van der Waals surface area contributed by atoms with Gasteiger partial charge in [-0.1, -0.05) is 13.3 Å². The average molecular weight is 287 g/mol. The lowest BCUT2D eigenvalue weighted by atomic mass is 10.2. The van der Waals surface area contributed by atoms with Crippen molar-refractivity contribution < 1.29 is 17.9 Å². The molecule has 1 aromatic carbocycles. The van der Waals surface area contributed by atoms with Crippen LogP contribution in [0.4, 0.5) is 0 Å². The number of hydrogen-bond acceptors (Lipinski definition) is 4. The zero-order valence-electron chi connectivity index (χ0n) is 11.8. The highest BCUT2D eigenvalue weighted by Crippen LogP contribution is 2.29. The van der Waals surface area contributed by atoms with Crippen LogP contribution in [0.5, 0.6) is 11.5 Å². The Morgan fingerprint density at radius 2 is 1.84 bits per heavy atom. The molecule has 0 saturated carbocycles. The first kappa shape index (κ1) is 15.8. The van der Waals surface area contributed by atoms with Crippen LogP contribution in [0.2, 0.25) is 0 Å². The summed E-state index contributed by atoms with van der Waals surface area (Å²) in [5.41, 5.74) is 0. The van der Waals surface area contributed by atoms with Gasteiger partial charge in [0, 0.05) is 12.1 Å². The summed E-state index contributed by atoms with van der Waals surface area (Å²) < 4.78 is 37.2. The third-order valence-corrected chi connectivity index (χ3v) is 4.33. The molecule has 0 bridgehead atoms. The molecular weight excluding hydrogens is 266 g/mol. The van der Waals surface area contributed by atoms with Crippen molar-refractivity contribution in [2.24, 2.45) is 0 Å². The fourth-order valence-electron chi connectivity index (χ4n) is 1.81. The van der Waals surface area contributed by atoms with Crippen LogP contribution >= 0.6 is 0 Å². The molecule has 0 aliphatic rings. The smallest absolute Gasteiger partial charge is 0.240 e. The standard InChI is InChI=1S/C13H21NO4S/c1-5-6-10(2)14-19(15,16)11-7-8-12(17-3)13(9-11)18-4/h7-10,14H,5-6H2,1-4H3. The Kier molecular flexibility index (Phi) is 5.62. The van der Waals surface area contributed by atoms with E-state index in [1.54, 1.807) is 6.07 Å². The van der Waals surface area contributed by atoms with Gasteiger partial charge in [-0.2, -0.15) is 0 Å². The predicted molar refractivity (Wildman–Crippen MR) is 74.2 cm³/mol. The highest BCUT2D eigenvalue weighted by Gasteiger charge is 2.19. The lowest BCUT2D eigenvalue weighted by molar-refractivity contribution is 0.354. The predicted octanol–water partition coefficient (Wildman–Crippen LogP) is 2.17. The van der Waals surface area contributed by atoms with Gasteiger partial charge in [0.25, 0.3) is 0 Å². The first-order chi connectivity index (χ1) is 8.94. The molecule has 1 rings (SSSR count). The van der Waals surface area contributed by atoms with Gasteiger partial charge in [-0.25, -0.2) is 13.1 Å². The van der Waals surface area contributed by atoms with Crippen LogP contribution in [-0.4, -0.2) is 28.7 Å². The average Bonchev–Trinajstić information content (AvgIpc) is 2.37. The molecule has 0 fully saturated rings.